The van der Waals surface area contributed by atoms with Gasteiger partial charge in [-0.25, -0.2) is 4.57 Å². The van der Waals surface area contributed by atoms with Gasteiger partial charge in [0.1, 0.15) is 18.8 Å². The molecule has 0 heterocycles. The molecule has 0 spiro atoms. The van der Waals surface area contributed by atoms with Gasteiger partial charge < -0.3 is 23.2 Å². The van der Waals surface area contributed by atoms with Gasteiger partial charge in [-0.15, -0.1) is 0 Å². The van der Waals surface area contributed by atoms with E-state index in [1.54, 1.807) is 6.08 Å². The molecular weight excluding hydrogens is 401 g/mol. The molecule has 0 bridgehead atoms. The molecule has 0 aliphatic rings. The highest BCUT2D eigenvalue weighted by Crippen LogP contribution is 2.47. The van der Waals surface area contributed by atoms with Crippen molar-refractivity contribution in [2.24, 2.45) is 0 Å². The number of quaternary nitrogens is 1. The van der Waals surface area contributed by atoms with Gasteiger partial charge in [-0.3, -0.25) is 13.6 Å². The monoisotopic (exact) mass is 443 g/mol. The standard InChI is InChI=1S/C20H42NO5P.ClH/c1-4-5-6-7-8-9-10-11-12-13-14-15-16-17-20(22)19(21)18-26-27(23,24-2)25-3;/h16-17,19-20,22H,4-15,18,21H2,1-3H3;1H/b17-16+;/t19-,20+;/m0./s1. The minimum atomic E-state index is -3.51. The van der Waals surface area contributed by atoms with Crippen LogP contribution in [0.3, 0.4) is 0 Å². The summed E-state index contributed by atoms with van der Waals surface area (Å²) in [6.45, 7) is 2.26. The minimum absolute atomic E-state index is 0. The highest BCUT2D eigenvalue weighted by Gasteiger charge is 2.26. The van der Waals surface area contributed by atoms with E-state index < -0.39 is 20.0 Å². The second kappa shape index (κ2) is 20.3. The molecule has 8 heteroatoms. The summed E-state index contributed by atoms with van der Waals surface area (Å²) < 4.78 is 26.2. The third kappa shape index (κ3) is 17.0. The van der Waals surface area contributed by atoms with Gasteiger partial charge >= 0.3 is 7.82 Å². The summed E-state index contributed by atoms with van der Waals surface area (Å²) in [6, 6.07) is -0.433. The van der Waals surface area contributed by atoms with Crippen LogP contribution in [-0.4, -0.2) is 38.1 Å². The van der Waals surface area contributed by atoms with E-state index in [9.17, 15) is 9.67 Å². The number of unbranched alkanes of at least 4 members (excludes halogenated alkanes) is 11. The quantitative estimate of drug-likeness (QED) is 0.180. The Morgan fingerprint density at radius 1 is 0.929 bits per heavy atom. The van der Waals surface area contributed by atoms with E-state index in [2.05, 4.69) is 21.7 Å². The van der Waals surface area contributed by atoms with Crippen LogP contribution in [0.1, 0.15) is 84.0 Å². The van der Waals surface area contributed by atoms with Gasteiger partial charge in [0.25, 0.3) is 0 Å². The van der Waals surface area contributed by atoms with Crippen LogP contribution in [0.5, 0.6) is 0 Å². The van der Waals surface area contributed by atoms with Gasteiger partial charge in [-0.2, -0.15) is 0 Å². The number of halogens is 1. The van der Waals surface area contributed by atoms with Crippen molar-refractivity contribution in [3.63, 3.8) is 0 Å². The average Bonchev–Trinajstić information content (AvgIpc) is 2.69. The third-order valence-electron chi connectivity index (χ3n) is 4.68. The van der Waals surface area contributed by atoms with E-state index in [4.69, 9.17) is 4.52 Å². The molecule has 28 heavy (non-hydrogen) atoms. The molecule has 0 saturated heterocycles. The SMILES string of the molecule is CCCCCCCCCCCCC/C=C/[C@@H](O)[C@@H]([NH3+])COP(=O)(OC)OC.[Cl-]. The molecule has 6 nitrogen and oxygen atoms in total. The molecule has 2 atom stereocenters. The Morgan fingerprint density at radius 3 is 1.86 bits per heavy atom. The number of hydrogen-bond donors (Lipinski definition) is 2. The molecule has 170 valence electrons. The van der Waals surface area contributed by atoms with Crippen LogP contribution in [0, 0.1) is 0 Å². The van der Waals surface area contributed by atoms with E-state index in [1.165, 1.54) is 78.4 Å². The molecule has 0 saturated carbocycles. The van der Waals surface area contributed by atoms with Crippen molar-refractivity contribution in [3.05, 3.63) is 12.2 Å². The van der Waals surface area contributed by atoms with Crippen LogP contribution >= 0.6 is 7.82 Å². The smallest absolute Gasteiger partial charge is 0.474 e. The van der Waals surface area contributed by atoms with E-state index in [1.807, 2.05) is 6.08 Å². The zero-order valence-electron chi connectivity index (χ0n) is 18.1. The molecule has 0 aliphatic heterocycles. The largest absolute Gasteiger partial charge is 1.00 e. The van der Waals surface area contributed by atoms with Crippen LogP contribution in [-0.2, 0) is 18.1 Å². The second-order valence-corrected chi connectivity index (χ2v) is 8.99. The van der Waals surface area contributed by atoms with Crippen LogP contribution in [0.2, 0.25) is 0 Å². The zero-order valence-corrected chi connectivity index (χ0v) is 19.8. The Kier molecular flexibility index (Phi) is 22.0. The second-order valence-electron chi connectivity index (χ2n) is 7.11. The molecule has 0 fully saturated rings. The van der Waals surface area contributed by atoms with E-state index >= 15 is 0 Å². The summed E-state index contributed by atoms with van der Waals surface area (Å²) in [6.07, 6.45) is 18.6. The number of hydrogen-bond acceptors (Lipinski definition) is 5. The highest BCUT2D eigenvalue weighted by atomic mass is 35.5. The number of rotatable bonds is 19. The predicted octanol–water partition coefficient (Wildman–Crippen LogP) is 1.64. The normalized spacial score (nSPS) is 14.2. The molecule has 0 aromatic carbocycles. The molecule has 0 unspecified atom stereocenters. The van der Waals surface area contributed by atoms with E-state index in [-0.39, 0.29) is 19.0 Å². The van der Waals surface area contributed by atoms with Gasteiger partial charge in [0.2, 0.25) is 0 Å². The van der Waals surface area contributed by atoms with Crippen molar-refractivity contribution in [2.75, 3.05) is 20.8 Å². The van der Waals surface area contributed by atoms with E-state index in [0.29, 0.717) is 0 Å². The first kappa shape index (κ1) is 30.3. The van der Waals surface area contributed by atoms with Crippen molar-refractivity contribution in [3.8, 4) is 0 Å². The number of aliphatic hydroxyl groups is 1. The van der Waals surface area contributed by atoms with Crippen LogP contribution in [0.4, 0.5) is 0 Å². The molecule has 4 N–H and O–H groups in total. The first-order valence-electron chi connectivity index (χ1n) is 10.5. The summed E-state index contributed by atoms with van der Waals surface area (Å²) in [4.78, 5) is 0. The Balaban J connectivity index is 0. The fraction of sp³-hybridized carbons (Fsp3) is 0.900. The number of allylic oxidation sites excluding steroid dienone is 1. The summed E-state index contributed by atoms with van der Waals surface area (Å²) >= 11 is 0. The lowest BCUT2D eigenvalue weighted by Gasteiger charge is -2.17. The van der Waals surface area contributed by atoms with Crippen molar-refractivity contribution < 1.29 is 41.4 Å². The Labute approximate surface area is 178 Å². The number of aliphatic hydroxyl groups excluding tert-OH is 1. The maximum absolute atomic E-state index is 11.8. The molecule has 0 aromatic heterocycles. The predicted molar refractivity (Wildman–Crippen MR) is 110 cm³/mol. The summed E-state index contributed by atoms with van der Waals surface area (Å²) in [7, 11) is -0.998. The molecule has 0 aromatic rings. The summed E-state index contributed by atoms with van der Waals surface area (Å²) in [5.74, 6) is 0. The van der Waals surface area contributed by atoms with Crippen molar-refractivity contribution in [2.45, 2.75) is 96.1 Å². The zero-order chi connectivity index (χ0) is 20.4. The molecule has 0 aliphatic carbocycles. The Hall–Kier alpha value is 0.0600. The lowest BCUT2D eigenvalue weighted by atomic mass is 10.0. The van der Waals surface area contributed by atoms with Crippen LogP contribution < -0.4 is 18.1 Å². The van der Waals surface area contributed by atoms with Crippen LogP contribution in [0.15, 0.2) is 12.2 Å². The van der Waals surface area contributed by atoms with Gasteiger partial charge in [0.05, 0.1) is 0 Å². The average molecular weight is 444 g/mol. The first-order valence-corrected chi connectivity index (χ1v) is 12.0. The van der Waals surface area contributed by atoms with Gasteiger partial charge in [0.15, 0.2) is 0 Å². The van der Waals surface area contributed by atoms with Crippen LogP contribution in [0.25, 0.3) is 0 Å². The lowest BCUT2D eigenvalue weighted by molar-refractivity contribution is -0.437. The fourth-order valence-corrected chi connectivity index (χ4v) is 3.52. The highest BCUT2D eigenvalue weighted by molar-refractivity contribution is 7.48. The summed E-state index contributed by atoms with van der Waals surface area (Å²) in [5.41, 5.74) is 3.83. The topological polar surface area (TPSA) is 92.6 Å². The molecular formula is C20H43ClNO5P. The third-order valence-corrected chi connectivity index (χ3v) is 6.04. The molecule has 0 radical (unpaired) electrons. The van der Waals surface area contributed by atoms with Crippen molar-refractivity contribution >= 4 is 7.82 Å². The number of phosphoric acid groups is 1. The fourth-order valence-electron chi connectivity index (χ4n) is 2.78. The summed E-state index contributed by atoms with van der Waals surface area (Å²) in [5, 5.41) is 10.0. The van der Waals surface area contributed by atoms with Gasteiger partial charge in [0, 0.05) is 14.2 Å². The van der Waals surface area contributed by atoms with E-state index in [0.717, 1.165) is 12.8 Å². The van der Waals surface area contributed by atoms with Gasteiger partial charge in [-0.1, -0.05) is 83.3 Å². The van der Waals surface area contributed by atoms with Crippen molar-refractivity contribution in [1.29, 1.82) is 0 Å². The number of phosphoric ester groups is 1. The lowest BCUT2D eigenvalue weighted by Crippen LogP contribution is -3.00. The van der Waals surface area contributed by atoms with Gasteiger partial charge in [-0.05, 0) is 12.8 Å². The molecule has 0 rings (SSSR count). The Morgan fingerprint density at radius 2 is 1.39 bits per heavy atom. The first-order chi connectivity index (χ1) is 13.0. The van der Waals surface area contributed by atoms with Crippen molar-refractivity contribution in [1.82, 2.24) is 0 Å². The minimum Gasteiger partial charge on any atom is -1.00 e. The maximum Gasteiger partial charge on any atom is 0.474 e. The Bertz CT molecular complexity index is 404. The maximum atomic E-state index is 11.8. The molecule has 0 amide bonds.